The molecule has 1 rings (SSSR count). The second-order valence-corrected chi connectivity index (χ2v) is 3.97. The molecule has 3 nitrogen and oxygen atoms in total. The Bertz CT molecular complexity index is 567. The molecule has 0 saturated heterocycles. The van der Waals surface area contributed by atoms with Gasteiger partial charge in [-0.2, -0.15) is 8.78 Å². The first-order chi connectivity index (χ1) is 9.81. The first-order valence-electron chi connectivity index (χ1n) is 5.75. The molecule has 0 aliphatic rings. The predicted octanol–water partition coefficient (Wildman–Crippen LogP) is 3.38. The molecule has 0 aliphatic carbocycles. The molecule has 0 aliphatic heterocycles. The largest absolute Gasteiger partial charge is 0.484 e. The summed E-state index contributed by atoms with van der Waals surface area (Å²) in [5.74, 6) is -8.54. The maximum Gasteiger partial charge on any atom is 0.333 e. The van der Waals surface area contributed by atoms with Gasteiger partial charge in [0.15, 0.2) is 17.4 Å². The molecule has 0 unspecified atom stereocenters. The van der Waals surface area contributed by atoms with Crippen molar-refractivity contribution in [3.05, 3.63) is 47.6 Å². The third-order valence-electron chi connectivity index (χ3n) is 2.37. The van der Waals surface area contributed by atoms with E-state index in [1.165, 1.54) is 6.92 Å². The highest BCUT2D eigenvalue weighted by Crippen LogP contribution is 2.30. The molecule has 0 N–H and O–H groups in total. The maximum atomic E-state index is 13.5. The molecule has 0 aromatic heterocycles. The van der Waals surface area contributed by atoms with Crippen molar-refractivity contribution in [2.75, 3.05) is 13.2 Å². The van der Waals surface area contributed by atoms with Crippen molar-refractivity contribution in [1.29, 1.82) is 0 Å². The Labute approximate surface area is 118 Å². The Morgan fingerprint density at radius 1 is 1.10 bits per heavy atom. The summed E-state index contributed by atoms with van der Waals surface area (Å²) < 4.78 is 63.1. The minimum absolute atomic E-state index is 0.125. The smallest absolute Gasteiger partial charge is 0.333 e. The second kappa shape index (κ2) is 6.92. The highest BCUT2D eigenvalue weighted by atomic mass is 19.2. The van der Waals surface area contributed by atoms with Crippen LogP contribution >= 0.6 is 0 Å². The summed E-state index contributed by atoms with van der Waals surface area (Å²) in [7, 11) is 0. The fraction of sp³-hybridized carbons (Fsp3) is 0.214. The molecule has 114 valence electrons. The zero-order chi connectivity index (χ0) is 16.2. The molecule has 0 heterocycles. The van der Waals surface area contributed by atoms with Crippen LogP contribution in [0, 0.1) is 23.3 Å². The van der Waals surface area contributed by atoms with Crippen LogP contribution in [0.5, 0.6) is 5.75 Å². The highest BCUT2D eigenvalue weighted by Gasteiger charge is 2.25. The van der Waals surface area contributed by atoms with E-state index in [4.69, 9.17) is 0 Å². The molecule has 0 radical (unpaired) electrons. The van der Waals surface area contributed by atoms with Gasteiger partial charge in [-0.3, -0.25) is 0 Å². The van der Waals surface area contributed by atoms with E-state index in [9.17, 15) is 22.4 Å². The lowest BCUT2D eigenvalue weighted by atomic mass is 10.1. The standard InChI is InChI=1S/C14H12F4O3/c1-4-8-9(15)11(17)13(12(18)10(8)16)20-5-6-21-14(19)7(2)3/h4H,1-2,5-6H2,3H3. The number of rotatable bonds is 6. The third-order valence-corrected chi connectivity index (χ3v) is 2.37. The van der Waals surface area contributed by atoms with Crippen LogP contribution in [0.15, 0.2) is 18.7 Å². The number of carbonyl (C=O) groups excluding carboxylic acids is 1. The number of hydrogen-bond donors (Lipinski definition) is 0. The number of hydrogen-bond acceptors (Lipinski definition) is 3. The van der Waals surface area contributed by atoms with Crippen molar-refractivity contribution in [2.45, 2.75) is 6.92 Å². The van der Waals surface area contributed by atoms with E-state index in [2.05, 4.69) is 22.6 Å². The van der Waals surface area contributed by atoms with Crippen LogP contribution in [0.2, 0.25) is 0 Å². The second-order valence-electron chi connectivity index (χ2n) is 3.97. The molecule has 21 heavy (non-hydrogen) atoms. The van der Waals surface area contributed by atoms with Crippen molar-refractivity contribution in [3.8, 4) is 5.75 Å². The monoisotopic (exact) mass is 304 g/mol. The van der Waals surface area contributed by atoms with E-state index in [0.29, 0.717) is 6.08 Å². The first-order valence-corrected chi connectivity index (χ1v) is 5.75. The van der Waals surface area contributed by atoms with Gasteiger partial charge >= 0.3 is 5.97 Å². The van der Waals surface area contributed by atoms with Gasteiger partial charge < -0.3 is 9.47 Å². The summed E-state index contributed by atoms with van der Waals surface area (Å²) >= 11 is 0. The lowest BCUT2D eigenvalue weighted by molar-refractivity contribution is -0.139. The van der Waals surface area contributed by atoms with Crippen LogP contribution in [0.3, 0.4) is 0 Å². The lowest BCUT2D eigenvalue weighted by Crippen LogP contribution is -2.14. The van der Waals surface area contributed by atoms with E-state index >= 15 is 0 Å². The summed E-state index contributed by atoms with van der Waals surface area (Å²) in [6.45, 7) is 6.93. The fourth-order valence-corrected chi connectivity index (χ4v) is 1.34. The molecule has 1 aromatic carbocycles. The molecule has 0 spiro atoms. The van der Waals surface area contributed by atoms with Crippen LogP contribution < -0.4 is 4.74 Å². The summed E-state index contributed by atoms with van der Waals surface area (Å²) in [6.07, 6.45) is 0.648. The minimum Gasteiger partial charge on any atom is -0.484 e. The van der Waals surface area contributed by atoms with E-state index in [1.54, 1.807) is 0 Å². The summed E-state index contributed by atoms with van der Waals surface area (Å²) in [4.78, 5) is 11.0. The fourth-order valence-electron chi connectivity index (χ4n) is 1.34. The van der Waals surface area contributed by atoms with Gasteiger partial charge in [0.2, 0.25) is 11.6 Å². The third kappa shape index (κ3) is 3.62. The van der Waals surface area contributed by atoms with Crippen LogP contribution in [0.4, 0.5) is 17.6 Å². The molecule has 0 fully saturated rings. The van der Waals surface area contributed by atoms with E-state index in [0.717, 1.165) is 0 Å². The van der Waals surface area contributed by atoms with Gasteiger partial charge in [-0.05, 0) is 6.92 Å². The SMILES string of the molecule is C=Cc1c(F)c(F)c(OCCOC(=O)C(=C)C)c(F)c1F. The van der Waals surface area contributed by atoms with Crippen LogP contribution in [-0.2, 0) is 9.53 Å². The van der Waals surface area contributed by atoms with Crippen molar-refractivity contribution in [2.24, 2.45) is 0 Å². The number of esters is 1. The van der Waals surface area contributed by atoms with Crippen molar-refractivity contribution in [3.63, 3.8) is 0 Å². The predicted molar refractivity (Wildman–Crippen MR) is 67.6 cm³/mol. The van der Waals surface area contributed by atoms with E-state index in [-0.39, 0.29) is 12.2 Å². The van der Waals surface area contributed by atoms with Gasteiger partial charge in [-0.1, -0.05) is 19.2 Å². The summed E-state index contributed by atoms with van der Waals surface area (Å²) in [6, 6.07) is 0. The average Bonchev–Trinajstić information content (AvgIpc) is 2.44. The quantitative estimate of drug-likeness (QED) is 0.266. The van der Waals surface area contributed by atoms with E-state index < -0.39 is 47.2 Å². The lowest BCUT2D eigenvalue weighted by Gasteiger charge is -2.11. The van der Waals surface area contributed by atoms with Crippen molar-refractivity contribution in [1.82, 2.24) is 0 Å². The molecule has 0 amide bonds. The molecule has 1 aromatic rings. The van der Waals surface area contributed by atoms with Gasteiger partial charge in [0.25, 0.3) is 0 Å². The van der Waals surface area contributed by atoms with Crippen LogP contribution in [-0.4, -0.2) is 19.2 Å². The van der Waals surface area contributed by atoms with Gasteiger partial charge in [-0.15, -0.1) is 0 Å². The summed E-state index contributed by atoms with van der Waals surface area (Å²) in [5, 5.41) is 0. The molecule has 0 saturated carbocycles. The molecule has 7 heteroatoms. The van der Waals surface area contributed by atoms with Crippen molar-refractivity contribution >= 4 is 12.0 Å². The Morgan fingerprint density at radius 3 is 2.05 bits per heavy atom. The molecular formula is C14H12F4O3. The molecular weight excluding hydrogens is 292 g/mol. The summed E-state index contributed by atoms with van der Waals surface area (Å²) in [5.41, 5.74) is -0.800. The zero-order valence-electron chi connectivity index (χ0n) is 11.1. The topological polar surface area (TPSA) is 35.5 Å². The highest BCUT2D eigenvalue weighted by molar-refractivity contribution is 5.86. The Balaban J connectivity index is 2.83. The number of halogens is 4. The van der Waals surface area contributed by atoms with Gasteiger partial charge in [0.05, 0.1) is 5.56 Å². The average molecular weight is 304 g/mol. The van der Waals surface area contributed by atoms with Gasteiger partial charge in [0.1, 0.15) is 13.2 Å². The Hall–Kier alpha value is -2.31. The van der Waals surface area contributed by atoms with Crippen LogP contribution in [0.1, 0.15) is 12.5 Å². The Morgan fingerprint density at radius 2 is 1.62 bits per heavy atom. The zero-order valence-corrected chi connectivity index (χ0v) is 11.1. The van der Waals surface area contributed by atoms with Crippen LogP contribution in [0.25, 0.3) is 6.08 Å². The first kappa shape index (κ1) is 16.7. The molecule has 0 atom stereocenters. The van der Waals surface area contributed by atoms with Gasteiger partial charge in [-0.25, -0.2) is 13.6 Å². The van der Waals surface area contributed by atoms with Crippen molar-refractivity contribution < 1.29 is 31.8 Å². The Kier molecular flexibility index (Phi) is 5.52. The molecule has 0 bridgehead atoms. The number of carbonyl (C=O) groups is 1. The number of ether oxygens (including phenoxy) is 2. The minimum atomic E-state index is -1.69. The number of benzene rings is 1. The van der Waals surface area contributed by atoms with E-state index in [1.807, 2.05) is 0 Å². The maximum absolute atomic E-state index is 13.5. The van der Waals surface area contributed by atoms with Gasteiger partial charge in [0, 0.05) is 5.57 Å². The normalized spacial score (nSPS) is 10.1.